The third-order valence-electron chi connectivity index (χ3n) is 16.7. The lowest BCUT2D eigenvalue weighted by Crippen LogP contribution is -2.29. The van der Waals surface area contributed by atoms with Gasteiger partial charge >= 0.3 is 0 Å². The summed E-state index contributed by atoms with van der Waals surface area (Å²) < 4.78 is 0. The van der Waals surface area contributed by atoms with Crippen LogP contribution in [0.15, 0.2) is 231 Å². The maximum Gasteiger partial charge on any atom is 0.0720 e. The second-order valence-corrected chi connectivity index (χ2v) is 22.5. The Hall–Kier alpha value is -8.00. The van der Waals surface area contributed by atoms with Gasteiger partial charge in [-0.15, -0.1) is 0 Å². The average Bonchev–Trinajstić information content (AvgIpc) is 3.93. The van der Waals surface area contributed by atoms with Gasteiger partial charge in [0.25, 0.3) is 0 Å². The molecule has 0 aromatic heterocycles. The van der Waals surface area contributed by atoms with Crippen molar-refractivity contribution in [1.29, 1.82) is 0 Å². The predicted molar refractivity (Wildman–Crippen MR) is 303 cm³/mol. The van der Waals surface area contributed by atoms with Crippen molar-refractivity contribution in [3.8, 4) is 55.6 Å². The largest absolute Gasteiger partial charge is 0.310 e. The molecule has 0 radical (unpaired) electrons. The van der Waals surface area contributed by atoms with E-state index in [1.807, 2.05) is 0 Å². The first-order valence-corrected chi connectivity index (χ1v) is 25.7. The number of hydrogen-bond acceptors (Lipinski definition) is 1. The summed E-state index contributed by atoms with van der Waals surface area (Å²) in [4.78, 5) is 2.54. The molecule has 0 amide bonds. The molecule has 0 spiro atoms. The van der Waals surface area contributed by atoms with Gasteiger partial charge in [0.05, 0.1) is 5.41 Å². The quantitative estimate of drug-likeness (QED) is 0.154. The van der Waals surface area contributed by atoms with E-state index in [2.05, 4.69) is 284 Å². The van der Waals surface area contributed by atoms with Crippen LogP contribution in [0, 0.1) is 0 Å². The number of anilines is 3. The molecule has 0 unspecified atom stereocenters. The zero-order valence-electron chi connectivity index (χ0n) is 42.4. The van der Waals surface area contributed by atoms with Gasteiger partial charge < -0.3 is 4.90 Å². The van der Waals surface area contributed by atoms with Crippen LogP contribution in [0.25, 0.3) is 55.6 Å². The van der Waals surface area contributed by atoms with Crippen molar-refractivity contribution in [2.75, 3.05) is 4.90 Å². The Kier molecular flexibility index (Phi) is 9.78. The van der Waals surface area contributed by atoms with E-state index < -0.39 is 5.41 Å². The highest BCUT2D eigenvalue weighted by atomic mass is 15.1. The van der Waals surface area contributed by atoms with Gasteiger partial charge in [0, 0.05) is 27.9 Å². The van der Waals surface area contributed by atoms with Crippen LogP contribution in [0.3, 0.4) is 0 Å². The maximum absolute atomic E-state index is 2.54. The first kappa shape index (κ1) is 44.0. The van der Waals surface area contributed by atoms with Gasteiger partial charge in [-0.05, 0) is 160 Å². The average molecular weight is 926 g/mol. The summed E-state index contributed by atoms with van der Waals surface area (Å²) in [6, 6.07) is 87.7. The van der Waals surface area contributed by atoms with Crippen molar-refractivity contribution in [1.82, 2.24) is 0 Å². The highest BCUT2D eigenvalue weighted by Crippen LogP contribution is 2.61. The summed E-state index contributed by atoms with van der Waals surface area (Å²) in [5.41, 5.74) is 27.0. The van der Waals surface area contributed by atoms with Crippen LogP contribution in [0.1, 0.15) is 98.5 Å². The summed E-state index contributed by atoms with van der Waals surface area (Å²) in [5.74, 6) is 0. The Labute approximate surface area is 426 Å². The highest BCUT2D eigenvalue weighted by molar-refractivity contribution is 5.97. The lowest BCUT2D eigenvalue weighted by Gasteiger charge is -2.36. The van der Waals surface area contributed by atoms with Crippen molar-refractivity contribution in [3.05, 3.63) is 281 Å². The molecular formula is C71H59N. The standard InChI is InChI=1S/C71H59N/c1-68(2,3)49-33-31-46(32-34-49)48-41-60(47-21-11-8-12-22-47)67-61(42-48)59-40-37-54(45-66(59)71(67,50-23-13-9-14-24-50)51-25-15-10-16-26-51)72(52-35-38-57-55-27-17-19-29-62(55)69(4,5)64(57)43-52)53-36-39-58-56-28-18-20-30-63(56)70(6,7)65(58)44-53/h8-45H,1-7H3. The fourth-order valence-electron chi connectivity index (χ4n) is 13.0. The van der Waals surface area contributed by atoms with Gasteiger partial charge in [0.2, 0.25) is 0 Å². The van der Waals surface area contributed by atoms with E-state index in [0.29, 0.717) is 0 Å². The number of rotatable bonds is 7. The van der Waals surface area contributed by atoms with E-state index >= 15 is 0 Å². The van der Waals surface area contributed by atoms with Crippen LogP contribution in [-0.4, -0.2) is 0 Å². The molecule has 3 aliphatic carbocycles. The molecule has 13 rings (SSSR count). The molecular weight excluding hydrogens is 867 g/mol. The topological polar surface area (TPSA) is 3.24 Å². The molecule has 0 saturated carbocycles. The minimum atomic E-state index is -0.669. The Morgan fingerprint density at radius 3 is 1.19 bits per heavy atom. The lowest BCUT2D eigenvalue weighted by molar-refractivity contribution is 0.590. The summed E-state index contributed by atoms with van der Waals surface area (Å²) in [7, 11) is 0. The Balaban J connectivity index is 1.10. The number of fused-ring (bicyclic) bond motifs is 9. The Morgan fingerprint density at radius 1 is 0.306 bits per heavy atom. The summed E-state index contributed by atoms with van der Waals surface area (Å²) in [5, 5.41) is 0. The van der Waals surface area contributed by atoms with E-state index in [1.165, 1.54) is 106 Å². The summed E-state index contributed by atoms with van der Waals surface area (Å²) in [6.45, 7) is 16.4. The number of hydrogen-bond donors (Lipinski definition) is 0. The highest BCUT2D eigenvalue weighted by Gasteiger charge is 2.49. The van der Waals surface area contributed by atoms with Crippen LogP contribution < -0.4 is 4.90 Å². The first-order valence-electron chi connectivity index (χ1n) is 25.7. The third kappa shape index (κ3) is 6.46. The van der Waals surface area contributed by atoms with Crippen LogP contribution in [0.5, 0.6) is 0 Å². The van der Waals surface area contributed by atoms with Gasteiger partial charge in [0.1, 0.15) is 0 Å². The molecule has 0 heterocycles. The van der Waals surface area contributed by atoms with Crippen LogP contribution in [0.4, 0.5) is 17.1 Å². The lowest BCUT2D eigenvalue weighted by atomic mass is 9.66. The van der Waals surface area contributed by atoms with Crippen molar-refractivity contribution < 1.29 is 0 Å². The van der Waals surface area contributed by atoms with E-state index in [4.69, 9.17) is 0 Å². The molecule has 10 aromatic carbocycles. The molecule has 0 bridgehead atoms. The predicted octanol–water partition coefficient (Wildman–Crippen LogP) is 18.8. The van der Waals surface area contributed by atoms with E-state index in [0.717, 1.165) is 17.1 Å². The van der Waals surface area contributed by atoms with Crippen molar-refractivity contribution in [3.63, 3.8) is 0 Å². The number of benzene rings is 10. The molecule has 1 heteroatoms. The molecule has 1 nitrogen and oxygen atoms in total. The number of nitrogens with zero attached hydrogens (tertiary/aromatic N) is 1. The molecule has 0 atom stereocenters. The van der Waals surface area contributed by atoms with Gasteiger partial charge in [-0.25, -0.2) is 0 Å². The van der Waals surface area contributed by atoms with Crippen LogP contribution in [-0.2, 0) is 21.7 Å². The monoisotopic (exact) mass is 925 g/mol. The molecule has 0 saturated heterocycles. The minimum Gasteiger partial charge on any atom is -0.310 e. The normalized spacial score (nSPS) is 14.9. The van der Waals surface area contributed by atoms with Gasteiger partial charge in [-0.1, -0.05) is 230 Å². The molecule has 348 valence electrons. The van der Waals surface area contributed by atoms with E-state index in [-0.39, 0.29) is 16.2 Å². The molecule has 0 N–H and O–H groups in total. The molecule has 0 aliphatic heterocycles. The minimum absolute atomic E-state index is 0.0587. The maximum atomic E-state index is 2.54. The van der Waals surface area contributed by atoms with E-state index in [1.54, 1.807) is 0 Å². The molecule has 72 heavy (non-hydrogen) atoms. The van der Waals surface area contributed by atoms with Crippen LogP contribution in [0.2, 0.25) is 0 Å². The van der Waals surface area contributed by atoms with Crippen molar-refractivity contribution in [2.24, 2.45) is 0 Å². The summed E-state index contributed by atoms with van der Waals surface area (Å²) in [6.07, 6.45) is 0. The molecule has 0 fully saturated rings. The van der Waals surface area contributed by atoms with Crippen LogP contribution >= 0.6 is 0 Å². The van der Waals surface area contributed by atoms with Crippen molar-refractivity contribution in [2.45, 2.75) is 70.1 Å². The SMILES string of the molecule is CC(C)(C)c1ccc(-c2cc(-c3ccccc3)c3c(c2)-c2ccc(N(c4ccc5c(c4)C(C)(C)c4ccccc4-5)c4ccc5c(c4)C(C)(C)c4ccccc4-5)cc2C3(c2ccccc2)c2ccccc2)cc1. The Morgan fingerprint density at radius 2 is 0.708 bits per heavy atom. The zero-order chi connectivity index (χ0) is 49.1. The zero-order valence-corrected chi connectivity index (χ0v) is 42.4. The molecule has 10 aromatic rings. The van der Waals surface area contributed by atoms with Gasteiger partial charge in [-0.2, -0.15) is 0 Å². The first-order chi connectivity index (χ1) is 34.8. The second-order valence-electron chi connectivity index (χ2n) is 22.5. The van der Waals surface area contributed by atoms with E-state index in [9.17, 15) is 0 Å². The van der Waals surface area contributed by atoms with Gasteiger partial charge in [0.15, 0.2) is 0 Å². The molecule has 3 aliphatic rings. The second kappa shape index (κ2) is 16.0. The van der Waals surface area contributed by atoms with Gasteiger partial charge in [-0.3, -0.25) is 0 Å². The van der Waals surface area contributed by atoms with Crippen molar-refractivity contribution >= 4 is 17.1 Å². The Bertz CT molecular complexity index is 3610. The smallest absolute Gasteiger partial charge is 0.0720 e. The third-order valence-corrected chi connectivity index (χ3v) is 16.7. The fraction of sp³-hybridized carbons (Fsp3) is 0.155. The fourth-order valence-corrected chi connectivity index (χ4v) is 13.0. The summed E-state index contributed by atoms with van der Waals surface area (Å²) >= 11 is 0.